The minimum Gasteiger partial charge on any atom is -0.346 e. The van der Waals surface area contributed by atoms with Crippen molar-refractivity contribution in [3.05, 3.63) is 47.5 Å². The number of aromatic nitrogens is 3. The minimum absolute atomic E-state index is 0.246. The van der Waals surface area contributed by atoms with Crippen LogP contribution in [0.1, 0.15) is 24.4 Å². The van der Waals surface area contributed by atoms with Gasteiger partial charge in [-0.2, -0.15) is 5.10 Å². The second-order valence-electron chi connectivity index (χ2n) is 4.04. The second kappa shape index (κ2) is 5.55. The molecule has 2 N–H and O–H groups in total. The lowest BCUT2D eigenvalue weighted by molar-refractivity contribution is -0.121. The van der Waals surface area contributed by atoms with E-state index in [9.17, 15) is 13.6 Å². The number of carbonyl (C=O) groups excluding carboxylic acids is 1. The Kier molecular flexibility index (Phi) is 3.84. The fourth-order valence-corrected chi connectivity index (χ4v) is 1.65. The van der Waals surface area contributed by atoms with Crippen molar-refractivity contribution in [3.8, 4) is 0 Å². The van der Waals surface area contributed by atoms with Crippen molar-refractivity contribution in [2.24, 2.45) is 0 Å². The van der Waals surface area contributed by atoms with Crippen LogP contribution < -0.4 is 5.32 Å². The normalized spacial score (nSPS) is 12.2. The molecule has 0 saturated carbocycles. The summed E-state index contributed by atoms with van der Waals surface area (Å²) in [6, 6.07) is 3.07. The molecule has 0 aliphatic heterocycles. The third-order valence-electron chi connectivity index (χ3n) is 2.62. The van der Waals surface area contributed by atoms with Gasteiger partial charge in [0.1, 0.15) is 23.8 Å². The molecular weight excluding hydrogens is 254 g/mol. The summed E-state index contributed by atoms with van der Waals surface area (Å²) in [4.78, 5) is 15.6. The van der Waals surface area contributed by atoms with Crippen LogP contribution in [0.5, 0.6) is 0 Å². The van der Waals surface area contributed by atoms with E-state index in [1.165, 1.54) is 12.4 Å². The maximum Gasteiger partial charge on any atom is 0.225 e. The Balaban J connectivity index is 2.02. The van der Waals surface area contributed by atoms with Crippen molar-refractivity contribution < 1.29 is 13.6 Å². The summed E-state index contributed by atoms with van der Waals surface area (Å²) in [5.41, 5.74) is -0.246. The van der Waals surface area contributed by atoms with Crippen LogP contribution in [0.3, 0.4) is 0 Å². The SMILES string of the molecule is CC(NC(=O)Cc1c(F)cccc1F)c1ncn[nH]1. The molecule has 1 atom stereocenters. The van der Waals surface area contributed by atoms with Crippen LogP contribution in [-0.4, -0.2) is 21.1 Å². The molecule has 1 unspecified atom stereocenters. The average molecular weight is 266 g/mol. The van der Waals surface area contributed by atoms with E-state index in [1.54, 1.807) is 6.92 Å². The minimum atomic E-state index is -0.734. The molecule has 7 heteroatoms. The molecule has 1 heterocycles. The predicted molar refractivity (Wildman–Crippen MR) is 63.0 cm³/mol. The van der Waals surface area contributed by atoms with Gasteiger partial charge in [0, 0.05) is 5.56 Å². The van der Waals surface area contributed by atoms with Gasteiger partial charge in [-0.3, -0.25) is 9.89 Å². The Hall–Kier alpha value is -2.31. The quantitative estimate of drug-likeness (QED) is 0.881. The van der Waals surface area contributed by atoms with Crippen molar-refractivity contribution in [1.29, 1.82) is 0 Å². The molecule has 5 nitrogen and oxygen atoms in total. The van der Waals surface area contributed by atoms with Crippen molar-refractivity contribution in [3.63, 3.8) is 0 Å². The highest BCUT2D eigenvalue weighted by molar-refractivity contribution is 5.79. The van der Waals surface area contributed by atoms with Gasteiger partial charge < -0.3 is 5.32 Å². The van der Waals surface area contributed by atoms with E-state index >= 15 is 0 Å². The lowest BCUT2D eigenvalue weighted by atomic mass is 10.1. The summed E-state index contributed by atoms with van der Waals surface area (Å²) < 4.78 is 26.7. The molecule has 0 radical (unpaired) electrons. The molecule has 19 heavy (non-hydrogen) atoms. The maximum absolute atomic E-state index is 13.4. The zero-order valence-corrected chi connectivity index (χ0v) is 10.2. The topological polar surface area (TPSA) is 70.7 Å². The molecule has 2 rings (SSSR count). The van der Waals surface area contributed by atoms with Gasteiger partial charge in [0.05, 0.1) is 12.5 Å². The number of nitrogens with zero attached hydrogens (tertiary/aromatic N) is 2. The summed E-state index contributed by atoms with van der Waals surface area (Å²) >= 11 is 0. The van der Waals surface area contributed by atoms with Gasteiger partial charge in [0.2, 0.25) is 5.91 Å². The third-order valence-corrected chi connectivity index (χ3v) is 2.62. The van der Waals surface area contributed by atoms with E-state index in [0.29, 0.717) is 5.82 Å². The number of amides is 1. The summed E-state index contributed by atoms with van der Waals surface area (Å²) in [5, 5.41) is 8.84. The first-order chi connectivity index (χ1) is 9.08. The maximum atomic E-state index is 13.4. The third kappa shape index (κ3) is 3.12. The highest BCUT2D eigenvalue weighted by Crippen LogP contribution is 2.13. The van der Waals surface area contributed by atoms with Gasteiger partial charge in [-0.15, -0.1) is 0 Å². The van der Waals surface area contributed by atoms with E-state index in [0.717, 1.165) is 12.1 Å². The first-order valence-electron chi connectivity index (χ1n) is 5.65. The molecule has 2 aromatic rings. The van der Waals surface area contributed by atoms with Gasteiger partial charge in [-0.05, 0) is 19.1 Å². The summed E-state index contributed by atoms with van der Waals surface area (Å²) in [6.45, 7) is 1.69. The first kappa shape index (κ1) is 13.1. The van der Waals surface area contributed by atoms with Gasteiger partial charge in [0.15, 0.2) is 0 Å². The Morgan fingerprint density at radius 2 is 2.11 bits per heavy atom. The second-order valence-corrected chi connectivity index (χ2v) is 4.04. The lowest BCUT2D eigenvalue weighted by Gasteiger charge is -2.11. The molecule has 100 valence electrons. The van der Waals surface area contributed by atoms with Gasteiger partial charge >= 0.3 is 0 Å². The van der Waals surface area contributed by atoms with E-state index in [2.05, 4.69) is 20.5 Å². The van der Waals surface area contributed by atoms with Crippen LogP contribution in [0, 0.1) is 11.6 Å². The van der Waals surface area contributed by atoms with Gasteiger partial charge in [-0.25, -0.2) is 13.8 Å². The molecule has 0 aliphatic rings. The Labute approximate surface area is 108 Å². The number of benzene rings is 1. The van der Waals surface area contributed by atoms with Crippen molar-refractivity contribution in [2.45, 2.75) is 19.4 Å². The number of rotatable bonds is 4. The molecule has 0 aliphatic carbocycles. The number of nitrogens with one attached hydrogen (secondary N) is 2. The lowest BCUT2D eigenvalue weighted by Crippen LogP contribution is -2.29. The number of hydrogen-bond donors (Lipinski definition) is 2. The molecule has 0 bridgehead atoms. The summed E-state index contributed by atoms with van der Waals surface area (Å²) in [7, 11) is 0. The largest absolute Gasteiger partial charge is 0.346 e. The zero-order valence-electron chi connectivity index (χ0n) is 10.2. The van der Waals surface area contributed by atoms with E-state index in [-0.39, 0.29) is 12.0 Å². The first-order valence-corrected chi connectivity index (χ1v) is 5.65. The van der Waals surface area contributed by atoms with E-state index in [4.69, 9.17) is 0 Å². The molecule has 0 spiro atoms. The monoisotopic (exact) mass is 266 g/mol. The molecule has 1 aromatic carbocycles. The van der Waals surface area contributed by atoms with Crippen LogP contribution in [0.2, 0.25) is 0 Å². The number of H-pyrrole nitrogens is 1. The summed E-state index contributed by atoms with van der Waals surface area (Å²) in [5.74, 6) is -1.49. The standard InChI is InChI=1S/C12H12F2N4O/c1-7(12-15-6-16-18-12)17-11(19)5-8-9(13)3-2-4-10(8)14/h2-4,6-7H,5H2,1H3,(H,17,19)(H,15,16,18). The Morgan fingerprint density at radius 3 is 2.68 bits per heavy atom. The molecular formula is C12H12F2N4O. The van der Waals surface area contributed by atoms with Crippen LogP contribution in [0.25, 0.3) is 0 Å². The fraction of sp³-hybridized carbons (Fsp3) is 0.250. The van der Waals surface area contributed by atoms with Crippen LogP contribution in [-0.2, 0) is 11.2 Å². The van der Waals surface area contributed by atoms with Crippen molar-refractivity contribution in [1.82, 2.24) is 20.5 Å². The average Bonchev–Trinajstić information content (AvgIpc) is 2.88. The van der Waals surface area contributed by atoms with Gasteiger partial charge in [-0.1, -0.05) is 6.07 Å². The van der Waals surface area contributed by atoms with Crippen LogP contribution in [0.15, 0.2) is 24.5 Å². The van der Waals surface area contributed by atoms with Crippen molar-refractivity contribution >= 4 is 5.91 Å². The Morgan fingerprint density at radius 1 is 1.42 bits per heavy atom. The molecule has 0 saturated heterocycles. The Bertz CT molecular complexity index is 551. The highest BCUT2D eigenvalue weighted by Gasteiger charge is 2.16. The fourth-order valence-electron chi connectivity index (χ4n) is 1.65. The molecule has 1 aromatic heterocycles. The van der Waals surface area contributed by atoms with E-state index < -0.39 is 23.6 Å². The van der Waals surface area contributed by atoms with E-state index in [1.807, 2.05) is 0 Å². The number of hydrogen-bond acceptors (Lipinski definition) is 3. The molecule has 0 fully saturated rings. The highest BCUT2D eigenvalue weighted by atomic mass is 19.1. The summed E-state index contributed by atoms with van der Waals surface area (Å²) in [6.07, 6.45) is 0.950. The zero-order chi connectivity index (χ0) is 13.8. The number of halogens is 2. The van der Waals surface area contributed by atoms with Crippen LogP contribution in [0.4, 0.5) is 8.78 Å². The van der Waals surface area contributed by atoms with Gasteiger partial charge in [0.25, 0.3) is 0 Å². The van der Waals surface area contributed by atoms with Crippen LogP contribution >= 0.6 is 0 Å². The molecule has 1 amide bonds. The smallest absolute Gasteiger partial charge is 0.225 e. The number of aromatic amines is 1. The predicted octanol–water partition coefficient (Wildman–Crippen LogP) is 1.50. The van der Waals surface area contributed by atoms with Crippen molar-refractivity contribution in [2.75, 3.05) is 0 Å². The number of carbonyl (C=O) groups is 1.